The molecule has 11 heavy (non-hydrogen) atoms. The Morgan fingerprint density at radius 3 is 1.73 bits per heavy atom. The molecule has 0 fully saturated rings. The molecule has 1 rings (SSSR count). The van der Waals surface area contributed by atoms with Crippen molar-refractivity contribution < 1.29 is 47.8 Å². The molecular formula is C6H2F3NaO. The SMILES string of the molecule is [Na+].[O-]c1cc(F)c(F)c(F)c1. The molecule has 0 bridgehead atoms. The summed E-state index contributed by atoms with van der Waals surface area (Å²) >= 11 is 0. The molecule has 54 valence electrons. The zero-order chi connectivity index (χ0) is 7.72. The summed E-state index contributed by atoms with van der Waals surface area (Å²) in [7, 11) is 0. The summed E-state index contributed by atoms with van der Waals surface area (Å²) in [5.74, 6) is -5.40. The normalized spacial score (nSPS) is 9.00. The van der Waals surface area contributed by atoms with Crippen LogP contribution >= 0.6 is 0 Å². The summed E-state index contributed by atoms with van der Waals surface area (Å²) in [5, 5.41) is 10.2. The van der Waals surface area contributed by atoms with Crippen LogP contribution in [0.1, 0.15) is 0 Å². The van der Waals surface area contributed by atoms with Crippen LogP contribution in [0.5, 0.6) is 5.75 Å². The van der Waals surface area contributed by atoms with Crippen LogP contribution in [0.25, 0.3) is 0 Å². The predicted molar refractivity (Wildman–Crippen MR) is 25.8 cm³/mol. The van der Waals surface area contributed by atoms with E-state index in [1.807, 2.05) is 0 Å². The van der Waals surface area contributed by atoms with Crippen molar-refractivity contribution >= 4 is 0 Å². The van der Waals surface area contributed by atoms with Gasteiger partial charge in [-0.1, -0.05) is 0 Å². The molecule has 0 aromatic heterocycles. The molecule has 0 spiro atoms. The van der Waals surface area contributed by atoms with Gasteiger partial charge in [-0.2, -0.15) is 0 Å². The van der Waals surface area contributed by atoms with Crippen molar-refractivity contribution in [2.24, 2.45) is 0 Å². The van der Waals surface area contributed by atoms with Gasteiger partial charge in [-0.25, -0.2) is 13.2 Å². The predicted octanol–water partition coefficient (Wildman–Crippen LogP) is -1.82. The maximum absolute atomic E-state index is 12.0. The Bertz CT molecular complexity index is 241. The van der Waals surface area contributed by atoms with Crippen LogP contribution in [0.15, 0.2) is 12.1 Å². The average Bonchev–Trinajstić information content (AvgIpc) is 1.82. The van der Waals surface area contributed by atoms with E-state index in [4.69, 9.17) is 0 Å². The first-order valence-electron chi connectivity index (χ1n) is 2.43. The molecule has 0 radical (unpaired) electrons. The van der Waals surface area contributed by atoms with Gasteiger partial charge in [0.25, 0.3) is 0 Å². The monoisotopic (exact) mass is 170 g/mol. The fourth-order valence-corrected chi connectivity index (χ4v) is 0.532. The van der Waals surface area contributed by atoms with E-state index in [1.54, 1.807) is 0 Å². The fraction of sp³-hybridized carbons (Fsp3) is 0. The summed E-state index contributed by atoms with van der Waals surface area (Å²) < 4.78 is 36.1. The Hall–Kier alpha value is -0.190. The van der Waals surface area contributed by atoms with Crippen molar-refractivity contribution in [3.63, 3.8) is 0 Å². The number of halogens is 3. The van der Waals surface area contributed by atoms with E-state index >= 15 is 0 Å². The molecule has 0 saturated heterocycles. The first-order chi connectivity index (χ1) is 4.61. The van der Waals surface area contributed by atoms with Crippen LogP contribution < -0.4 is 34.7 Å². The number of hydrogen-bond donors (Lipinski definition) is 0. The minimum Gasteiger partial charge on any atom is -0.872 e. The van der Waals surface area contributed by atoms with Gasteiger partial charge in [0.2, 0.25) is 0 Å². The molecule has 1 aromatic rings. The average molecular weight is 170 g/mol. The smallest absolute Gasteiger partial charge is 0.872 e. The molecule has 0 N–H and O–H groups in total. The van der Waals surface area contributed by atoms with Crippen molar-refractivity contribution in [1.29, 1.82) is 0 Å². The van der Waals surface area contributed by atoms with Gasteiger partial charge in [0.15, 0.2) is 17.5 Å². The third kappa shape index (κ3) is 2.39. The molecule has 1 nitrogen and oxygen atoms in total. The molecular weight excluding hydrogens is 168 g/mol. The molecule has 5 heteroatoms. The Morgan fingerprint density at radius 2 is 1.36 bits per heavy atom. The first-order valence-corrected chi connectivity index (χ1v) is 2.43. The Morgan fingerprint density at radius 1 is 1.00 bits per heavy atom. The maximum Gasteiger partial charge on any atom is 1.00 e. The number of benzene rings is 1. The third-order valence-electron chi connectivity index (χ3n) is 0.957. The zero-order valence-corrected chi connectivity index (χ0v) is 7.70. The van der Waals surface area contributed by atoms with E-state index in [-0.39, 0.29) is 29.6 Å². The molecule has 0 unspecified atom stereocenters. The molecule has 0 aliphatic heterocycles. The Kier molecular flexibility index (Phi) is 3.92. The third-order valence-corrected chi connectivity index (χ3v) is 0.957. The van der Waals surface area contributed by atoms with Gasteiger partial charge in [-0.3, -0.25) is 0 Å². The van der Waals surface area contributed by atoms with Gasteiger partial charge in [0.1, 0.15) is 0 Å². The topological polar surface area (TPSA) is 23.1 Å². The molecule has 0 amide bonds. The first kappa shape index (κ1) is 10.8. The minimum absolute atomic E-state index is 0. The van der Waals surface area contributed by atoms with E-state index in [1.165, 1.54) is 0 Å². The second kappa shape index (κ2) is 3.99. The van der Waals surface area contributed by atoms with E-state index in [0.717, 1.165) is 0 Å². The molecule has 0 aliphatic rings. The van der Waals surface area contributed by atoms with E-state index in [2.05, 4.69) is 0 Å². The van der Waals surface area contributed by atoms with Crippen LogP contribution in [-0.4, -0.2) is 0 Å². The summed E-state index contributed by atoms with van der Waals surface area (Å²) in [6, 6.07) is 0.775. The largest absolute Gasteiger partial charge is 1.00 e. The van der Waals surface area contributed by atoms with Crippen LogP contribution in [0.4, 0.5) is 13.2 Å². The molecule has 0 atom stereocenters. The van der Waals surface area contributed by atoms with Gasteiger partial charge in [-0.05, 0) is 12.1 Å². The van der Waals surface area contributed by atoms with Gasteiger partial charge < -0.3 is 5.11 Å². The summed E-state index contributed by atoms with van der Waals surface area (Å²) in [6.45, 7) is 0. The van der Waals surface area contributed by atoms with Crippen LogP contribution in [0.2, 0.25) is 0 Å². The summed E-state index contributed by atoms with van der Waals surface area (Å²) in [6.07, 6.45) is 0. The molecule has 0 aliphatic carbocycles. The van der Waals surface area contributed by atoms with E-state index in [9.17, 15) is 18.3 Å². The standard InChI is InChI=1S/C6H3F3O.Na/c7-4-1-3(10)2-5(8)6(4)9;/h1-2,10H;/q;+1/p-1. The summed E-state index contributed by atoms with van der Waals surface area (Å²) in [4.78, 5) is 0. The van der Waals surface area contributed by atoms with Crippen molar-refractivity contribution in [1.82, 2.24) is 0 Å². The van der Waals surface area contributed by atoms with Crippen LogP contribution in [-0.2, 0) is 0 Å². The zero-order valence-electron chi connectivity index (χ0n) is 5.70. The van der Waals surface area contributed by atoms with E-state index < -0.39 is 23.2 Å². The van der Waals surface area contributed by atoms with Crippen LogP contribution in [0, 0.1) is 17.5 Å². The molecule has 0 heterocycles. The quantitative estimate of drug-likeness (QED) is 0.332. The van der Waals surface area contributed by atoms with Gasteiger partial charge in [0.05, 0.1) is 0 Å². The molecule has 1 aromatic carbocycles. The van der Waals surface area contributed by atoms with E-state index in [0.29, 0.717) is 12.1 Å². The Balaban J connectivity index is 0.000001000. The Labute approximate surface area is 83.1 Å². The van der Waals surface area contributed by atoms with Gasteiger partial charge in [0, 0.05) is 0 Å². The van der Waals surface area contributed by atoms with Gasteiger partial charge in [-0.15, -0.1) is 5.75 Å². The summed E-state index contributed by atoms with van der Waals surface area (Å²) in [5.41, 5.74) is 0. The van der Waals surface area contributed by atoms with Crippen molar-refractivity contribution in [2.75, 3.05) is 0 Å². The van der Waals surface area contributed by atoms with Crippen molar-refractivity contribution in [2.45, 2.75) is 0 Å². The van der Waals surface area contributed by atoms with Crippen molar-refractivity contribution in [3.8, 4) is 5.75 Å². The van der Waals surface area contributed by atoms with Crippen molar-refractivity contribution in [3.05, 3.63) is 29.6 Å². The maximum atomic E-state index is 12.0. The fourth-order valence-electron chi connectivity index (χ4n) is 0.532. The minimum atomic E-state index is -1.61. The van der Waals surface area contributed by atoms with Crippen LogP contribution in [0.3, 0.4) is 0 Å². The second-order valence-electron chi connectivity index (χ2n) is 1.70. The second-order valence-corrected chi connectivity index (χ2v) is 1.70. The number of rotatable bonds is 0. The molecule has 0 saturated carbocycles. The van der Waals surface area contributed by atoms with Gasteiger partial charge >= 0.3 is 29.6 Å². The number of hydrogen-bond acceptors (Lipinski definition) is 1.